The standard InChI is InChI=1S/C14H12ClIN2O2/c1-9(10-3-2-4-11(15)7-10)17-14-6-5-12(18(19)20)8-13(14)16/h2-9,17H,1H3. The molecule has 6 heteroatoms. The Morgan fingerprint density at radius 2 is 2.05 bits per heavy atom. The molecule has 2 aromatic rings. The van der Waals surface area contributed by atoms with Crippen LogP contribution in [0.25, 0.3) is 0 Å². The van der Waals surface area contributed by atoms with Gasteiger partial charge in [0.25, 0.3) is 5.69 Å². The molecule has 0 saturated heterocycles. The van der Waals surface area contributed by atoms with Gasteiger partial charge in [-0.05, 0) is 53.3 Å². The molecule has 0 radical (unpaired) electrons. The molecule has 0 amide bonds. The molecule has 1 N–H and O–H groups in total. The molecule has 0 aromatic heterocycles. The van der Waals surface area contributed by atoms with Gasteiger partial charge in [-0.1, -0.05) is 23.7 Å². The van der Waals surface area contributed by atoms with E-state index in [1.165, 1.54) is 6.07 Å². The quantitative estimate of drug-likeness (QED) is 0.443. The number of rotatable bonds is 4. The molecule has 0 saturated carbocycles. The fourth-order valence-electron chi connectivity index (χ4n) is 1.83. The van der Waals surface area contributed by atoms with Crippen LogP contribution in [0.2, 0.25) is 5.02 Å². The fourth-order valence-corrected chi connectivity index (χ4v) is 2.68. The molecular weight excluding hydrogens is 391 g/mol. The summed E-state index contributed by atoms with van der Waals surface area (Å²) < 4.78 is 0.811. The third-order valence-electron chi connectivity index (χ3n) is 2.88. The maximum absolute atomic E-state index is 10.7. The lowest BCUT2D eigenvalue weighted by molar-refractivity contribution is -0.384. The molecule has 4 nitrogen and oxygen atoms in total. The summed E-state index contributed by atoms with van der Waals surface area (Å²) in [5.74, 6) is 0. The van der Waals surface area contributed by atoms with Crippen molar-refractivity contribution in [2.24, 2.45) is 0 Å². The number of nitrogens with zero attached hydrogens (tertiary/aromatic N) is 1. The minimum atomic E-state index is -0.396. The van der Waals surface area contributed by atoms with Gasteiger partial charge in [0.05, 0.1) is 4.92 Å². The topological polar surface area (TPSA) is 55.2 Å². The monoisotopic (exact) mass is 402 g/mol. The summed E-state index contributed by atoms with van der Waals surface area (Å²) in [5.41, 5.74) is 2.02. The Hall–Kier alpha value is -1.34. The van der Waals surface area contributed by atoms with Crippen LogP contribution in [0.5, 0.6) is 0 Å². The molecule has 20 heavy (non-hydrogen) atoms. The SMILES string of the molecule is CC(Nc1ccc([N+](=O)[O-])cc1I)c1cccc(Cl)c1. The van der Waals surface area contributed by atoms with E-state index in [1.807, 2.05) is 31.2 Å². The Labute approximate surface area is 135 Å². The molecule has 1 atom stereocenters. The van der Waals surface area contributed by atoms with Crippen molar-refractivity contribution in [2.45, 2.75) is 13.0 Å². The number of non-ortho nitro benzene ring substituents is 1. The molecule has 0 fully saturated rings. The van der Waals surface area contributed by atoms with Gasteiger partial charge in [-0.15, -0.1) is 0 Å². The molecule has 2 aromatic carbocycles. The highest BCUT2D eigenvalue weighted by molar-refractivity contribution is 14.1. The van der Waals surface area contributed by atoms with Gasteiger partial charge in [0.15, 0.2) is 0 Å². The molecule has 1 unspecified atom stereocenters. The highest BCUT2D eigenvalue weighted by atomic mass is 127. The Kier molecular flexibility index (Phi) is 4.82. The highest BCUT2D eigenvalue weighted by Gasteiger charge is 2.11. The summed E-state index contributed by atoms with van der Waals surface area (Å²) in [5, 5.41) is 14.7. The van der Waals surface area contributed by atoms with Gasteiger partial charge < -0.3 is 5.32 Å². The fraction of sp³-hybridized carbons (Fsp3) is 0.143. The molecule has 0 aliphatic heterocycles. The van der Waals surface area contributed by atoms with Crippen LogP contribution in [-0.2, 0) is 0 Å². The van der Waals surface area contributed by atoms with Crippen molar-refractivity contribution < 1.29 is 4.92 Å². The van der Waals surface area contributed by atoms with E-state index in [1.54, 1.807) is 12.1 Å². The zero-order valence-electron chi connectivity index (χ0n) is 10.6. The van der Waals surface area contributed by atoms with E-state index >= 15 is 0 Å². The molecule has 0 heterocycles. The van der Waals surface area contributed by atoms with E-state index in [-0.39, 0.29) is 11.7 Å². The number of nitro groups is 1. The van der Waals surface area contributed by atoms with Crippen molar-refractivity contribution in [3.8, 4) is 0 Å². The van der Waals surface area contributed by atoms with Crippen molar-refractivity contribution >= 4 is 45.6 Å². The van der Waals surface area contributed by atoms with Crippen LogP contribution in [0.3, 0.4) is 0 Å². The van der Waals surface area contributed by atoms with Crippen molar-refractivity contribution in [2.75, 3.05) is 5.32 Å². The van der Waals surface area contributed by atoms with Crippen LogP contribution in [0, 0.1) is 13.7 Å². The summed E-state index contributed by atoms with van der Waals surface area (Å²) in [7, 11) is 0. The Bertz CT molecular complexity index is 649. The first-order valence-corrected chi connectivity index (χ1v) is 7.39. The Morgan fingerprint density at radius 1 is 1.30 bits per heavy atom. The smallest absolute Gasteiger partial charge is 0.270 e. The third-order valence-corrected chi connectivity index (χ3v) is 4.01. The van der Waals surface area contributed by atoms with Gasteiger partial charge in [-0.3, -0.25) is 10.1 Å². The van der Waals surface area contributed by atoms with Gasteiger partial charge in [-0.2, -0.15) is 0 Å². The number of nitrogens with one attached hydrogen (secondary N) is 1. The average molecular weight is 403 g/mol. The number of nitro benzene ring substituents is 1. The van der Waals surface area contributed by atoms with Crippen LogP contribution < -0.4 is 5.32 Å². The van der Waals surface area contributed by atoms with Crippen LogP contribution in [0.1, 0.15) is 18.5 Å². The molecule has 0 aliphatic carbocycles. The van der Waals surface area contributed by atoms with Crippen LogP contribution in [-0.4, -0.2) is 4.92 Å². The lowest BCUT2D eigenvalue weighted by Gasteiger charge is -2.17. The first-order valence-electron chi connectivity index (χ1n) is 5.93. The minimum Gasteiger partial charge on any atom is -0.378 e. The number of hydrogen-bond donors (Lipinski definition) is 1. The zero-order chi connectivity index (χ0) is 14.7. The maximum Gasteiger partial charge on any atom is 0.270 e. The van der Waals surface area contributed by atoms with Crippen molar-refractivity contribution in [3.63, 3.8) is 0 Å². The highest BCUT2D eigenvalue weighted by Crippen LogP contribution is 2.27. The third kappa shape index (κ3) is 3.61. The van der Waals surface area contributed by atoms with E-state index < -0.39 is 4.92 Å². The first kappa shape index (κ1) is 15.1. The predicted molar refractivity (Wildman–Crippen MR) is 89.3 cm³/mol. The average Bonchev–Trinajstić information content (AvgIpc) is 2.40. The van der Waals surface area contributed by atoms with E-state index in [4.69, 9.17) is 11.6 Å². The second kappa shape index (κ2) is 6.41. The van der Waals surface area contributed by atoms with E-state index in [2.05, 4.69) is 27.9 Å². The number of benzene rings is 2. The van der Waals surface area contributed by atoms with E-state index in [0.717, 1.165) is 14.8 Å². The summed E-state index contributed by atoms with van der Waals surface area (Å²) in [6.07, 6.45) is 0. The summed E-state index contributed by atoms with van der Waals surface area (Å²) in [4.78, 5) is 10.3. The number of anilines is 1. The molecule has 0 bridgehead atoms. The van der Waals surface area contributed by atoms with Gasteiger partial charge in [0, 0.05) is 32.5 Å². The zero-order valence-corrected chi connectivity index (χ0v) is 13.6. The van der Waals surface area contributed by atoms with Gasteiger partial charge >= 0.3 is 0 Å². The van der Waals surface area contributed by atoms with Gasteiger partial charge in [-0.25, -0.2) is 0 Å². The largest absolute Gasteiger partial charge is 0.378 e. The predicted octanol–water partition coefficient (Wildman–Crippen LogP) is 5.03. The number of hydrogen-bond acceptors (Lipinski definition) is 3. The second-order valence-corrected chi connectivity index (χ2v) is 5.94. The van der Waals surface area contributed by atoms with Crippen molar-refractivity contribution in [3.05, 3.63) is 66.7 Å². The minimum absolute atomic E-state index is 0.0590. The van der Waals surface area contributed by atoms with Crippen molar-refractivity contribution in [1.82, 2.24) is 0 Å². The first-order chi connectivity index (χ1) is 9.47. The lowest BCUT2D eigenvalue weighted by Crippen LogP contribution is -2.07. The normalized spacial score (nSPS) is 11.9. The number of halogens is 2. The summed E-state index contributed by atoms with van der Waals surface area (Å²) in [6, 6.07) is 12.4. The molecule has 0 aliphatic rings. The second-order valence-electron chi connectivity index (χ2n) is 4.34. The van der Waals surface area contributed by atoms with Gasteiger partial charge in [0.1, 0.15) is 0 Å². The van der Waals surface area contributed by atoms with Crippen LogP contribution in [0.15, 0.2) is 42.5 Å². The van der Waals surface area contributed by atoms with Gasteiger partial charge in [0.2, 0.25) is 0 Å². The lowest BCUT2D eigenvalue weighted by atomic mass is 10.1. The maximum atomic E-state index is 10.7. The Morgan fingerprint density at radius 3 is 2.65 bits per heavy atom. The van der Waals surface area contributed by atoms with E-state index in [9.17, 15) is 10.1 Å². The molecule has 104 valence electrons. The van der Waals surface area contributed by atoms with Crippen LogP contribution in [0.4, 0.5) is 11.4 Å². The Balaban J connectivity index is 2.19. The molecular formula is C14H12ClIN2O2. The summed E-state index contributed by atoms with van der Waals surface area (Å²) >= 11 is 8.06. The van der Waals surface area contributed by atoms with Crippen LogP contribution >= 0.6 is 34.2 Å². The van der Waals surface area contributed by atoms with E-state index in [0.29, 0.717) is 5.02 Å². The van der Waals surface area contributed by atoms with Crippen molar-refractivity contribution in [1.29, 1.82) is 0 Å². The molecule has 2 rings (SSSR count). The summed E-state index contributed by atoms with van der Waals surface area (Å²) in [6.45, 7) is 2.02. The molecule has 0 spiro atoms.